The van der Waals surface area contributed by atoms with Crippen molar-refractivity contribution in [3.05, 3.63) is 23.5 Å². The third-order valence-electron chi connectivity index (χ3n) is 3.28. The summed E-state index contributed by atoms with van der Waals surface area (Å²) in [6, 6.07) is 3.25. The SMILES string of the molecule is COc1c(C=O)ccc(N2CCN(C)CC2)c1F. The molecule has 1 aliphatic rings. The number of benzene rings is 1. The van der Waals surface area contributed by atoms with Crippen LogP contribution in [0.5, 0.6) is 5.75 Å². The molecule has 18 heavy (non-hydrogen) atoms. The maximum atomic E-state index is 14.3. The zero-order chi connectivity index (χ0) is 13.1. The first-order chi connectivity index (χ1) is 8.67. The van der Waals surface area contributed by atoms with Gasteiger partial charge < -0.3 is 14.5 Å². The molecule has 1 aromatic rings. The Labute approximate surface area is 106 Å². The summed E-state index contributed by atoms with van der Waals surface area (Å²) >= 11 is 0. The highest BCUT2D eigenvalue weighted by Gasteiger charge is 2.21. The van der Waals surface area contributed by atoms with E-state index in [1.165, 1.54) is 7.11 Å². The van der Waals surface area contributed by atoms with Gasteiger partial charge in [0, 0.05) is 26.2 Å². The predicted octanol–water partition coefficient (Wildman–Crippen LogP) is 1.40. The van der Waals surface area contributed by atoms with Gasteiger partial charge in [-0.15, -0.1) is 0 Å². The second-order valence-electron chi connectivity index (χ2n) is 4.43. The molecule has 4 nitrogen and oxygen atoms in total. The largest absolute Gasteiger partial charge is 0.493 e. The molecule has 1 fully saturated rings. The molecule has 1 aliphatic heterocycles. The van der Waals surface area contributed by atoms with Gasteiger partial charge in [-0.05, 0) is 19.2 Å². The van der Waals surface area contributed by atoms with Crippen molar-refractivity contribution in [3.63, 3.8) is 0 Å². The highest BCUT2D eigenvalue weighted by Crippen LogP contribution is 2.30. The van der Waals surface area contributed by atoms with E-state index in [9.17, 15) is 9.18 Å². The molecule has 0 unspecified atom stereocenters. The highest BCUT2D eigenvalue weighted by molar-refractivity contribution is 5.81. The van der Waals surface area contributed by atoms with Crippen molar-refractivity contribution < 1.29 is 13.9 Å². The van der Waals surface area contributed by atoms with Crippen LogP contribution < -0.4 is 9.64 Å². The molecule has 0 spiro atoms. The minimum Gasteiger partial charge on any atom is -0.493 e. The first kappa shape index (κ1) is 12.8. The van der Waals surface area contributed by atoms with Crippen LogP contribution in [0.4, 0.5) is 10.1 Å². The number of carbonyl (C=O) groups excluding carboxylic acids is 1. The smallest absolute Gasteiger partial charge is 0.189 e. The fraction of sp³-hybridized carbons (Fsp3) is 0.462. The predicted molar refractivity (Wildman–Crippen MR) is 68.0 cm³/mol. The van der Waals surface area contributed by atoms with Gasteiger partial charge in [-0.25, -0.2) is 4.39 Å². The van der Waals surface area contributed by atoms with Gasteiger partial charge in [0.1, 0.15) is 0 Å². The summed E-state index contributed by atoms with van der Waals surface area (Å²) in [5.74, 6) is -0.423. The Morgan fingerprint density at radius 1 is 1.28 bits per heavy atom. The number of piperazine rings is 1. The average Bonchev–Trinajstić information content (AvgIpc) is 2.39. The number of nitrogens with zero attached hydrogens (tertiary/aromatic N) is 2. The molecule has 1 saturated heterocycles. The van der Waals surface area contributed by atoms with Crippen LogP contribution in [-0.4, -0.2) is 51.5 Å². The van der Waals surface area contributed by atoms with Gasteiger partial charge in [-0.1, -0.05) is 0 Å². The fourth-order valence-electron chi connectivity index (χ4n) is 2.15. The van der Waals surface area contributed by atoms with Gasteiger partial charge >= 0.3 is 0 Å². The summed E-state index contributed by atoms with van der Waals surface area (Å²) in [5, 5.41) is 0. The molecule has 1 heterocycles. The van der Waals surface area contributed by atoms with E-state index in [-0.39, 0.29) is 11.3 Å². The van der Waals surface area contributed by atoms with Crippen LogP contribution in [0.2, 0.25) is 0 Å². The molecule has 0 saturated carbocycles. The van der Waals surface area contributed by atoms with Crippen LogP contribution in [-0.2, 0) is 0 Å². The van der Waals surface area contributed by atoms with Crippen molar-refractivity contribution in [3.8, 4) is 5.75 Å². The van der Waals surface area contributed by atoms with E-state index in [1.807, 2.05) is 11.9 Å². The number of halogens is 1. The molecule has 0 aliphatic carbocycles. The molecule has 0 aromatic heterocycles. The van der Waals surface area contributed by atoms with Crippen LogP contribution in [0.25, 0.3) is 0 Å². The Bertz CT molecular complexity index is 443. The Hall–Kier alpha value is -1.62. The first-order valence-electron chi connectivity index (χ1n) is 5.92. The molecule has 5 heteroatoms. The number of rotatable bonds is 3. The van der Waals surface area contributed by atoms with Crippen LogP contribution >= 0.6 is 0 Å². The van der Waals surface area contributed by atoms with E-state index in [4.69, 9.17) is 4.74 Å². The summed E-state index contributed by atoms with van der Waals surface area (Å²) in [6.45, 7) is 3.35. The van der Waals surface area contributed by atoms with Gasteiger partial charge in [-0.3, -0.25) is 4.79 Å². The van der Waals surface area contributed by atoms with Crippen LogP contribution in [0, 0.1) is 5.82 Å². The van der Waals surface area contributed by atoms with Gasteiger partial charge in [0.25, 0.3) is 0 Å². The third-order valence-corrected chi connectivity index (χ3v) is 3.28. The molecular formula is C13H17FN2O2. The molecule has 0 N–H and O–H groups in total. The molecule has 0 radical (unpaired) electrons. The molecular weight excluding hydrogens is 235 g/mol. The number of aldehydes is 1. The second kappa shape index (κ2) is 5.35. The summed E-state index contributed by atoms with van der Waals surface area (Å²) in [4.78, 5) is 15.0. The molecule has 0 amide bonds. The summed E-state index contributed by atoms with van der Waals surface area (Å²) in [6.07, 6.45) is 0.607. The van der Waals surface area contributed by atoms with Crippen LogP contribution in [0.3, 0.4) is 0 Å². The van der Waals surface area contributed by atoms with Crippen molar-refractivity contribution in [1.82, 2.24) is 4.90 Å². The lowest BCUT2D eigenvalue weighted by molar-refractivity contribution is 0.112. The third kappa shape index (κ3) is 2.31. The quantitative estimate of drug-likeness (QED) is 0.761. The summed E-state index contributed by atoms with van der Waals surface area (Å²) in [7, 11) is 3.42. The topological polar surface area (TPSA) is 32.8 Å². The standard InChI is InChI=1S/C13H17FN2O2/c1-15-5-7-16(8-6-15)11-4-3-10(9-17)13(18-2)12(11)14/h3-4,9H,5-8H2,1-2H3. The number of anilines is 1. The van der Waals surface area contributed by atoms with Gasteiger partial charge in [0.2, 0.25) is 0 Å². The molecule has 1 aromatic carbocycles. The lowest BCUT2D eigenvalue weighted by Crippen LogP contribution is -2.44. The molecule has 0 atom stereocenters. The van der Waals surface area contributed by atoms with Crippen molar-refractivity contribution in [2.24, 2.45) is 0 Å². The normalized spacial score (nSPS) is 16.7. The lowest BCUT2D eigenvalue weighted by Gasteiger charge is -2.34. The van der Waals surface area contributed by atoms with E-state index < -0.39 is 5.82 Å². The van der Waals surface area contributed by atoms with E-state index in [0.29, 0.717) is 12.0 Å². The van der Waals surface area contributed by atoms with Gasteiger partial charge in [0.15, 0.2) is 17.9 Å². The second-order valence-corrected chi connectivity index (χ2v) is 4.43. The lowest BCUT2D eigenvalue weighted by atomic mass is 10.1. The fourth-order valence-corrected chi connectivity index (χ4v) is 2.15. The summed E-state index contributed by atoms with van der Waals surface area (Å²) < 4.78 is 19.2. The Morgan fingerprint density at radius 2 is 1.94 bits per heavy atom. The summed E-state index contributed by atoms with van der Waals surface area (Å²) in [5.41, 5.74) is 0.749. The minimum atomic E-state index is -0.452. The molecule has 98 valence electrons. The van der Waals surface area contributed by atoms with E-state index in [0.717, 1.165) is 26.2 Å². The number of methoxy groups -OCH3 is 1. The maximum Gasteiger partial charge on any atom is 0.189 e. The minimum absolute atomic E-state index is 0.0291. The van der Waals surface area contributed by atoms with Crippen molar-refractivity contribution >= 4 is 12.0 Å². The van der Waals surface area contributed by atoms with Crippen LogP contribution in [0.1, 0.15) is 10.4 Å². The first-order valence-corrected chi connectivity index (χ1v) is 5.92. The highest BCUT2D eigenvalue weighted by atomic mass is 19.1. The Kier molecular flexibility index (Phi) is 3.81. The van der Waals surface area contributed by atoms with E-state index >= 15 is 0 Å². The zero-order valence-corrected chi connectivity index (χ0v) is 10.6. The monoisotopic (exact) mass is 252 g/mol. The Balaban J connectivity index is 2.31. The van der Waals surface area contributed by atoms with Crippen LogP contribution in [0.15, 0.2) is 12.1 Å². The van der Waals surface area contributed by atoms with E-state index in [2.05, 4.69) is 4.90 Å². The van der Waals surface area contributed by atoms with Crippen molar-refractivity contribution in [2.75, 3.05) is 45.2 Å². The number of ether oxygens (including phenoxy) is 1. The van der Waals surface area contributed by atoms with E-state index in [1.54, 1.807) is 12.1 Å². The van der Waals surface area contributed by atoms with Gasteiger partial charge in [-0.2, -0.15) is 0 Å². The molecule has 0 bridgehead atoms. The molecule has 2 rings (SSSR count). The Morgan fingerprint density at radius 3 is 2.50 bits per heavy atom. The number of likely N-dealkylation sites (N-methyl/N-ethyl adjacent to an activating group) is 1. The maximum absolute atomic E-state index is 14.3. The number of hydrogen-bond donors (Lipinski definition) is 0. The number of carbonyl (C=O) groups is 1. The van der Waals surface area contributed by atoms with Gasteiger partial charge in [0.05, 0.1) is 18.4 Å². The average molecular weight is 252 g/mol. The van der Waals surface area contributed by atoms with Crippen molar-refractivity contribution in [2.45, 2.75) is 0 Å². The number of hydrogen-bond acceptors (Lipinski definition) is 4. The van der Waals surface area contributed by atoms with Crippen molar-refractivity contribution in [1.29, 1.82) is 0 Å². The zero-order valence-electron chi connectivity index (χ0n) is 10.6.